The van der Waals surface area contributed by atoms with Gasteiger partial charge in [0.15, 0.2) is 0 Å². The fourth-order valence-electron chi connectivity index (χ4n) is 3.05. The van der Waals surface area contributed by atoms with Crippen molar-refractivity contribution in [1.82, 2.24) is 30.8 Å². The second-order valence-corrected chi connectivity index (χ2v) is 7.40. The summed E-state index contributed by atoms with van der Waals surface area (Å²) < 4.78 is 1.60. The Bertz CT molecular complexity index is 800. The van der Waals surface area contributed by atoms with Gasteiger partial charge >= 0.3 is 6.03 Å². The number of aryl methyl sites for hydroxylation is 2. The van der Waals surface area contributed by atoms with Crippen LogP contribution in [-0.2, 0) is 4.79 Å². The Hall–Kier alpha value is -2.42. The number of rotatable bonds is 5. The molecular formula is C17H22N6O2S. The first kappa shape index (κ1) is 18.4. The lowest BCUT2D eigenvalue weighted by Gasteiger charge is -2.12. The minimum Gasteiger partial charge on any atom is -0.335 e. The zero-order chi connectivity index (χ0) is 18.5. The van der Waals surface area contributed by atoms with Crippen LogP contribution in [0.5, 0.6) is 0 Å². The molecule has 0 atom stereocenters. The average molecular weight is 374 g/mol. The van der Waals surface area contributed by atoms with Crippen LogP contribution in [0.15, 0.2) is 23.4 Å². The Balaban J connectivity index is 1.56. The van der Waals surface area contributed by atoms with Crippen LogP contribution in [0.1, 0.15) is 36.8 Å². The lowest BCUT2D eigenvalue weighted by molar-refractivity contribution is -0.117. The number of hydrogen-bond acceptors (Lipinski definition) is 6. The molecule has 1 heterocycles. The van der Waals surface area contributed by atoms with Gasteiger partial charge in [-0.25, -0.2) is 4.79 Å². The highest BCUT2D eigenvalue weighted by molar-refractivity contribution is 7.99. The minimum atomic E-state index is -0.434. The Morgan fingerprint density at radius 1 is 1.27 bits per heavy atom. The van der Waals surface area contributed by atoms with Crippen molar-refractivity contribution in [2.75, 3.05) is 5.75 Å². The van der Waals surface area contributed by atoms with Gasteiger partial charge in [-0.1, -0.05) is 42.3 Å². The topological polar surface area (TPSA) is 102 Å². The number of nitrogens with zero attached hydrogens (tertiary/aromatic N) is 4. The van der Waals surface area contributed by atoms with Gasteiger partial charge in [-0.15, -0.1) is 5.10 Å². The summed E-state index contributed by atoms with van der Waals surface area (Å²) in [5.41, 5.74) is 3.06. The molecule has 2 aromatic rings. The summed E-state index contributed by atoms with van der Waals surface area (Å²) in [6, 6.07) is 5.72. The van der Waals surface area contributed by atoms with E-state index in [2.05, 4.69) is 26.2 Å². The molecule has 0 unspecified atom stereocenters. The van der Waals surface area contributed by atoms with Crippen LogP contribution in [0.2, 0.25) is 0 Å². The molecule has 0 saturated heterocycles. The van der Waals surface area contributed by atoms with E-state index in [0.717, 1.165) is 42.5 Å². The lowest BCUT2D eigenvalue weighted by atomic mass is 10.1. The van der Waals surface area contributed by atoms with E-state index in [0.29, 0.717) is 5.16 Å². The first-order valence-corrected chi connectivity index (χ1v) is 9.60. The van der Waals surface area contributed by atoms with Gasteiger partial charge in [0.25, 0.3) is 0 Å². The predicted octanol–water partition coefficient (Wildman–Crippen LogP) is 2.14. The first-order chi connectivity index (χ1) is 12.5. The molecule has 1 aliphatic carbocycles. The molecule has 3 rings (SSSR count). The zero-order valence-electron chi connectivity index (χ0n) is 14.9. The number of urea groups is 1. The first-order valence-electron chi connectivity index (χ1n) is 8.62. The number of aromatic nitrogens is 4. The molecule has 2 N–H and O–H groups in total. The maximum absolute atomic E-state index is 12.0. The van der Waals surface area contributed by atoms with Gasteiger partial charge in [0.05, 0.1) is 11.4 Å². The van der Waals surface area contributed by atoms with Gasteiger partial charge < -0.3 is 5.32 Å². The third-order valence-electron chi connectivity index (χ3n) is 4.30. The van der Waals surface area contributed by atoms with Crippen molar-refractivity contribution in [2.24, 2.45) is 0 Å². The number of benzene rings is 1. The molecule has 1 aliphatic rings. The lowest BCUT2D eigenvalue weighted by Crippen LogP contribution is -2.44. The van der Waals surface area contributed by atoms with E-state index < -0.39 is 6.03 Å². The molecule has 0 radical (unpaired) electrons. The summed E-state index contributed by atoms with van der Waals surface area (Å²) in [4.78, 5) is 23.8. The average Bonchev–Trinajstić information content (AvgIpc) is 3.24. The Kier molecular flexibility index (Phi) is 5.87. The van der Waals surface area contributed by atoms with Crippen LogP contribution >= 0.6 is 11.8 Å². The van der Waals surface area contributed by atoms with Crippen molar-refractivity contribution in [3.8, 4) is 5.69 Å². The Labute approximate surface area is 156 Å². The van der Waals surface area contributed by atoms with Crippen molar-refractivity contribution >= 4 is 23.7 Å². The number of tetrazole rings is 1. The van der Waals surface area contributed by atoms with E-state index in [1.165, 1.54) is 11.8 Å². The number of amides is 3. The molecule has 1 aromatic carbocycles. The highest BCUT2D eigenvalue weighted by Crippen LogP contribution is 2.21. The van der Waals surface area contributed by atoms with Crippen molar-refractivity contribution < 1.29 is 9.59 Å². The Morgan fingerprint density at radius 2 is 2.04 bits per heavy atom. The molecular weight excluding hydrogens is 352 g/mol. The summed E-state index contributed by atoms with van der Waals surface area (Å²) in [6.45, 7) is 4.01. The van der Waals surface area contributed by atoms with Gasteiger partial charge in [-0.05, 0) is 48.7 Å². The maximum atomic E-state index is 12.0. The van der Waals surface area contributed by atoms with E-state index in [1.54, 1.807) is 4.68 Å². The SMILES string of the molecule is Cc1ccc(-n2nnnc2SCC(=O)NC(=O)NC2CCCC2)c(C)c1. The van der Waals surface area contributed by atoms with Gasteiger partial charge in [0.1, 0.15) is 0 Å². The summed E-state index contributed by atoms with van der Waals surface area (Å²) in [6.07, 6.45) is 4.19. The molecule has 3 amide bonds. The second-order valence-electron chi connectivity index (χ2n) is 6.45. The summed E-state index contributed by atoms with van der Waals surface area (Å²) >= 11 is 1.19. The Morgan fingerprint density at radius 3 is 2.77 bits per heavy atom. The van der Waals surface area contributed by atoms with Crippen molar-refractivity contribution in [1.29, 1.82) is 0 Å². The number of thioether (sulfide) groups is 1. The van der Waals surface area contributed by atoms with Gasteiger partial charge in [0.2, 0.25) is 11.1 Å². The predicted molar refractivity (Wildman–Crippen MR) is 98.3 cm³/mol. The molecule has 138 valence electrons. The highest BCUT2D eigenvalue weighted by atomic mass is 32.2. The minimum absolute atomic E-state index is 0.0589. The van der Waals surface area contributed by atoms with Crippen LogP contribution in [-0.4, -0.2) is 43.9 Å². The summed E-state index contributed by atoms with van der Waals surface area (Å²) in [5.74, 6) is -0.315. The quantitative estimate of drug-likeness (QED) is 0.778. The summed E-state index contributed by atoms with van der Waals surface area (Å²) in [5, 5.41) is 17.4. The maximum Gasteiger partial charge on any atom is 0.321 e. The zero-order valence-corrected chi connectivity index (χ0v) is 15.7. The van der Waals surface area contributed by atoms with E-state index in [-0.39, 0.29) is 17.7 Å². The molecule has 1 aromatic heterocycles. The fourth-order valence-corrected chi connectivity index (χ4v) is 3.73. The molecule has 8 nitrogen and oxygen atoms in total. The molecule has 0 aliphatic heterocycles. The molecule has 1 fully saturated rings. The third-order valence-corrected chi connectivity index (χ3v) is 5.22. The number of carbonyl (C=O) groups is 2. The molecule has 1 saturated carbocycles. The number of hydrogen-bond donors (Lipinski definition) is 2. The molecule has 0 spiro atoms. The second kappa shape index (κ2) is 8.31. The van der Waals surface area contributed by atoms with Gasteiger partial charge in [-0.3, -0.25) is 10.1 Å². The third kappa shape index (κ3) is 4.60. The smallest absolute Gasteiger partial charge is 0.321 e. The van der Waals surface area contributed by atoms with Gasteiger partial charge in [-0.2, -0.15) is 4.68 Å². The normalized spacial score (nSPS) is 14.4. The van der Waals surface area contributed by atoms with E-state index in [4.69, 9.17) is 0 Å². The molecule has 0 bridgehead atoms. The van der Waals surface area contributed by atoms with Crippen molar-refractivity contribution in [3.63, 3.8) is 0 Å². The van der Waals surface area contributed by atoms with Crippen LogP contribution < -0.4 is 10.6 Å². The van der Waals surface area contributed by atoms with E-state index >= 15 is 0 Å². The van der Waals surface area contributed by atoms with Gasteiger partial charge in [0, 0.05) is 6.04 Å². The van der Waals surface area contributed by atoms with Crippen LogP contribution in [0.3, 0.4) is 0 Å². The molecule has 9 heteroatoms. The largest absolute Gasteiger partial charge is 0.335 e. The van der Waals surface area contributed by atoms with Crippen LogP contribution in [0.25, 0.3) is 5.69 Å². The van der Waals surface area contributed by atoms with Crippen molar-refractivity contribution in [3.05, 3.63) is 29.3 Å². The summed E-state index contributed by atoms with van der Waals surface area (Å²) in [7, 11) is 0. The highest BCUT2D eigenvalue weighted by Gasteiger charge is 2.19. The fraction of sp³-hybridized carbons (Fsp3) is 0.471. The van der Waals surface area contributed by atoms with Crippen LogP contribution in [0.4, 0.5) is 4.79 Å². The van der Waals surface area contributed by atoms with Crippen molar-refractivity contribution in [2.45, 2.75) is 50.7 Å². The molecule has 26 heavy (non-hydrogen) atoms. The number of carbonyl (C=O) groups excluding carboxylic acids is 2. The standard InChI is InChI=1S/C17H22N6O2S/c1-11-7-8-14(12(2)9-11)23-17(20-21-22-23)26-10-15(24)19-16(25)18-13-5-3-4-6-13/h7-9,13H,3-6,10H2,1-2H3,(H2,18,19,24,25). The number of nitrogens with one attached hydrogen (secondary N) is 2. The monoisotopic (exact) mass is 374 g/mol. The van der Waals surface area contributed by atoms with Crippen LogP contribution in [0, 0.1) is 13.8 Å². The van der Waals surface area contributed by atoms with E-state index in [1.807, 2.05) is 32.0 Å². The van der Waals surface area contributed by atoms with E-state index in [9.17, 15) is 9.59 Å². The number of imide groups is 1.